The lowest BCUT2D eigenvalue weighted by molar-refractivity contribution is 0.0947. The van der Waals surface area contributed by atoms with Gasteiger partial charge in [-0.2, -0.15) is 0 Å². The second-order valence-corrected chi connectivity index (χ2v) is 7.59. The topological polar surface area (TPSA) is 57.3 Å². The van der Waals surface area contributed by atoms with E-state index in [1.54, 1.807) is 12.3 Å². The molecule has 0 saturated carbocycles. The minimum atomic E-state index is -0.125. The molecule has 1 aliphatic heterocycles. The van der Waals surface area contributed by atoms with Crippen molar-refractivity contribution in [2.45, 2.75) is 39.5 Å². The van der Waals surface area contributed by atoms with Gasteiger partial charge in [0.15, 0.2) is 0 Å². The van der Waals surface area contributed by atoms with Crippen molar-refractivity contribution < 1.29 is 4.79 Å². The molecule has 2 aromatic rings. The van der Waals surface area contributed by atoms with E-state index < -0.39 is 0 Å². The summed E-state index contributed by atoms with van der Waals surface area (Å²) in [6.45, 7) is 7.25. The number of carbonyl (C=O) groups is 1. The van der Waals surface area contributed by atoms with Gasteiger partial charge in [-0.25, -0.2) is 0 Å². The number of aromatic nitrogens is 1. The van der Waals surface area contributed by atoms with Crippen molar-refractivity contribution in [1.29, 1.82) is 0 Å². The minimum absolute atomic E-state index is 0.125. The van der Waals surface area contributed by atoms with E-state index in [-0.39, 0.29) is 5.91 Å². The summed E-state index contributed by atoms with van der Waals surface area (Å²) in [7, 11) is 0. The van der Waals surface area contributed by atoms with Gasteiger partial charge in [-0.3, -0.25) is 9.78 Å². The number of pyridine rings is 1. The monoisotopic (exact) mass is 366 g/mol. The van der Waals surface area contributed by atoms with E-state index in [9.17, 15) is 4.79 Å². The number of piperidine rings is 1. The molecule has 1 saturated heterocycles. The fraction of sp³-hybridized carbons (Fsp3) is 0.455. The summed E-state index contributed by atoms with van der Waals surface area (Å²) >= 11 is 0. The van der Waals surface area contributed by atoms with Gasteiger partial charge in [-0.05, 0) is 68.0 Å². The Balaban J connectivity index is 1.59. The van der Waals surface area contributed by atoms with Crippen molar-refractivity contribution in [3.05, 3.63) is 48.3 Å². The number of hydrogen-bond acceptors (Lipinski definition) is 4. The van der Waals surface area contributed by atoms with E-state index in [0.717, 1.165) is 30.9 Å². The molecule has 0 aliphatic carbocycles. The second-order valence-electron chi connectivity index (χ2n) is 7.59. The van der Waals surface area contributed by atoms with E-state index in [0.29, 0.717) is 18.2 Å². The zero-order chi connectivity index (χ0) is 19.1. The highest BCUT2D eigenvalue weighted by Gasteiger charge is 2.11. The van der Waals surface area contributed by atoms with Gasteiger partial charge < -0.3 is 15.5 Å². The normalized spacial score (nSPS) is 14.3. The summed E-state index contributed by atoms with van der Waals surface area (Å²) in [6.07, 6.45) is 6.53. The zero-order valence-corrected chi connectivity index (χ0v) is 16.4. The third kappa shape index (κ3) is 5.71. The molecule has 0 bridgehead atoms. The summed E-state index contributed by atoms with van der Waals surface area (Å²) in [5, 5.41) is 6.30. The zero-order valence-electron chi connectivity index (χ0n) is 16.4. The first-order chi connectivity index (χ1) is 13.1. The summed E-state index contributed by atoms with van der Waals surface area (Å²) in [5.41, 5.74) is 3.59. The van der Waals surface area contributed by atoms with Gasteiger partial charge in [0.25, 0.3) is 5.91 Å². The molecular weight excluding hydrogens is 336 g/mol. The summed E-state index contributed by atoms with van der Waals surface area (Å²) in [6, 6.07) is 12.2. The van der Waals surface area contributed by atoms with Gasteiger partial charge in [0.1, 0.15) is 5.69 Å². The first kappa shape index (κ1) is 19.2. The molecule has 5 heteroatoms. The SMILES string of the molecule is CC(C)CCNC(=O)c1cc(Nc2ccc(N3CCCCC3)cc2)ccn1. The lowest BCUT2D eigenvalue weighted by Crippen LogP contribution is -2.29. The Hall–Kier alpha value is -2.56. The van der Waals surface area contributed by atoms with Gasteiger partial charge in [0.2, 0.25) is 0 Å². The van der Waals surface area contributed by atoms with Crippen LogP contribution in [-0.2, 0) is 0 Å². The van der Waals surface area contributed by atoms with Crippen LogP contribution < -0.4 is 15.5 Å². The van der Waals surface area contributed by atoms with Crippen molar-refractivity contribution >= 4 is 23.0 Å². The van der Waals surface area contributed by atoms with Gasteiger partial charge in [0, 0.05) is 42.9 Å². The smallest absolute Gasteiger partial charge is 0.269 e. The van der Waals surface area contributed by atoms with Crippen LogP contribution in [0.2, 0.25) is 0 Å². The maximum Gasteiger partial charge on any atom is 0.269 e. The fourth-order valence-corrected chi connectivity index (χ4v) is 3.27. The molecule has 2 N–H and O–H groups in total. The molecule has 1 aromatic carbocycles. The lowest BCUT2D eigenvalue weighted by atomic mass is 10.1. The minimum Gasteiger partial charge on any atom is -0.372 e. The number of amides is 1. The van der Waals surface area contributed by atoms with E-state index in [1.807, 2.05) is 6.07 Å². The first-order valence-electron chi connectivity index (χ1n) is 9.98. The van der Waals surface area contributed by atoms with Crippen molar-refractivity contribution in [2.24, 2.45) is 5.92 Å². The van der Waals surface area contributed by atoms with Crippen molar-refractivity contribution in [2.75, 3.05) is 29.9 Å². The first-order valence-corrected chi connectivity index (χ1v) is 9.98. The average molecular weight is 367 g/mol. The lowest BCUT2D eigenvalue weighted by Gasteiger charge is -2.28. The largest absolute Gasteiger partial charge is 0.372 e. The van der Waals surface area contributed by atoms with Crippen molar-refractivity contribution in [3.63, 3.8) is 0 Å². The highest BCUT2D eigenvalue weighted by Crippen LogP contribution is 2.23. The van der Waals surface area contributed by atoms with E-state index >= 15 is 0 Å². The number of nitrogens with zero attached hydrogens (tertiary/aromatic N) is 2. The molecule has 5 nitrogen and oxygen atoms in total. The number of hydrogen-bond donors (Lipinski definition) is 2. The Morgan fingerprint density at radius 1 is 1.07 bits per heavy atom. The van der Waals surface area contributed by atoms with Crippen molar-refractivity contribution in [3.8, 4) is 0 Å². The highest BCUT2D eigenvalue weighted by atomic mass is 16.1. The molecule has 1 amide bonds. The van der Waals surface area contributed by atoms with Crippen LogP contribution in [0.3, 0.4) is 0 Å². The van der Waals surface area contributed by atoms with Crippen LogP contribution in [-0.4, -0.2) is 30.5 Å². The van der Waals surface area contributed by atoms with Gasteiger partial charge in [0.05, 0.1) is 0 Å². The number of benzene rings is 1. The number of anilines is 3. The molecule has 0 unspecified atom stereocenters. The molecular formula is C22H30N4O. The number of rotatable bonds is 7. The predicted molar refractivity (Wildman–Crippen MR) is 112 cm³/mol. The van der Waals surface area contributed by atoms with Crippen LogP contribution in [0.5, 0.6) is 0 Å². The van der Waals surface area contributed by atoms with Gasteiger partial charge >= 0.3 is 0 Å². The van der Waals surface area contributed by atoms with Crippen molar-refractivity contribution in [1.82, 2.24) is 10.3 Å². The summed E-state index contributed by atoms with van der Waals surface area (Å²) in [5.74, 6) is 0.443. The van der Waals surface area contributed by atoms with Crippen LogP contribution in [0.15, 0.2) is 42.6 Å². The molecule has 3 rings (SSSR count). The van der Waals surface area contributed by atoms with E-state index in [2.05, 4.69) is 58.6 Å². The van der Waals surface area contributed by atoms with Gasteiger partial charge in [-0.15, -0.1) is 0 Å². The predicted octanol–water partition coefficient (Wildman–Crippen LogP) is 4.59. The van der Waals surface area contributed by atoms with Crippen LogP contribution >= 0.6 is 0 Å². The maximum absolute atomic E-state index is 12.2. The molecule has 0 atom stereocenters. The summed E-state index contributed by atoms with van der Waals surface area (Å²) < 4.78 is 0. The van der Waals surface area contributed by atoms with Crippen LogP contribution in [0.1, 0.15) is 50.0 Å². The maximum atomic E-state index is 12.2. The standard InChI is InChI=1S/C22H30N4O/c1-17(2)10-12-24-22(27)21-16-19(11-13-23-21)25-18-6-8-20(9-7-18)26-14-4-3-5-15-26/h6-9,11,13,16-17H,3-5,10,12,14-15H2,1-2H3,(H,23,25)(H,24,27). The molecule has 1 aromatic heterocycles. The Labute approximate surface area is 162 Å². The molecule has 144 valence electrons. The third-order valence-electron chi connectivity index (χ3n) is 4.88. The molecule has 1 aliphatic rings. The van der Waals surface area contributed by atoms with Gasteiger partial charge in [-0.1, -0.05) is 13.8 Å². The second kappa shape index (κ2) is 9.40. The highest BCUT2D eigenvalue weighted by molar-refractivity contribution is 5.93. The fourth-order valence-electron chi connectivity index (χ4n) is 3.27. The Morgan fingerprint density at radius 3 is 2.52 bits per heavy atom. The molecule has 2 heterocycles. The summed E-state index contributed by atoms with van der Waals surface area (Å²) in [4.78, 5) is 18.9. The molecule has 0 radical (unpaired) electrons. The quantitative estimate of drug-likeness (QED) is 0.752. The Kier molecular flexibility index (Phi) is 6.69. The third-order valence-corrected chi connectivity index (χ3v) is 4.88. The average Bonchev–Trinajstić information content (AvgIpc) is 2.69. The molecule has 0 spiro atoms. The number of carbonyl (C=O) groups excluding carboxylic acids is 1. The Morgan fingerprint density at radius 2 is 1.81 bits per heavy atom. The van der Waals surface area contributed by atoms with Crippen LogP contribution in [0, 0.1) is 5.92 Å². The van der Waals surface area contributed by atoms with E-state index in [4.69, 9.17) is 0 Å². The number of nitrogens with one attached hydrogen (secondary N) is 2. The van der Waals surface area contributed by atoms with E-state index in [1.165, 1.54) is 24.9 Å². The molecule has 1 fully saturated rings. The Bertz CT molecular complexity index is 736. The van der Waals surface area contributed by atoms with Crippen LogP contribution in [0.4, 0.5) is 17.1 Å². The van der Waals surface area contributed by atoms with Crippen LogP contribution in [0.25, 0.3) is 0 Å². The molecule has 27 heavy (non-hydrogen) atoms.